The summed E-state index contributed by atoms with van der Waals surface area (Å²) in [6, 6.07) is 8.11. The fourth-order valence-corrected chi connectivity index (χ4v) is 2.89. The standard InChI is InChI=1S/C18H22BrN3O3/c1-4-25-18(24)17(14-6-8-15(19)9-7-14)22(13(2)3)16(23)12-21-11-5-10-20-21/h5-11,13,17H,4,12H2,1-3H3. The molecule has 0 fully saturated rings. The molecule has 0 saturated heterocycles. The molecule has 0 saturated carbocycles. The van der Waals surface area contributed by atoms with Crippen molar-refractivity contribution in [3.8, 4) is 0 Å². The van der Waals surface area contributed by atoms with Crippen LogP contribution in [0.2, 0.25) is 0 Å². The molecule has 7 heteroatoms. The summed E-state index contributed by atoms with van der Waals surface area (Å²) in [6.07, 6.45) is 3.33. The van der Waals surface area contributed by atoms with E-state index >= 15 is 0 Å². The Balaban J connectivity index is 2.37. The quantitative estimate of drug-likeness (QED) is 0.661. The molecule has 1 atom stereocenters. The van der Waals surface area contributed by atoms with E-state index < -0.39 is 12.0 Å². The Morgan fingerprint density at radius 2 is 1.96 bits per heavy atom. The van der Waals surface area contributed by atoms with Crippen molar-refractivity contribution in [3.05, 3.63) is 52.8 Å². The summed E-state index contributed by atoms with van der Waals surface area (Å²) in [7, 11) is 0. The number of amides is 1. The van der Waals surface area contributed by atoms with Crippen LogP contribution in [0.25, 0.3) is 0 Å². The molecule has 2 rings (SSSR count). The van der Waals surface area contributed by atoms with Crippen molar-refractivity contribution in [1.29, 1.82) is 0 Å². The molecule has 2 aromatic rings. The highest BCUT2D eigenvalue weighted by Gasteiger charge is 2.34. The second-order valence-corrected chi connectivity index (χ2v) is 6.72. The smallest absolute Gasteiger partial charge is 0.333 e. The van der Waals surface area contributed by atoms with Crippen LogP contribution in [0.1, 0.15) is 32.4 Å². The molecule has 0 aliphatic rings. The van der Waals surface area contributed by atoms with Crippen LogP contribution in [0, 0.1) is 0 Å². The van der Waals surface area contributed by atoms with Crippen molar-refractivity contribution < 1.29 is 14.3 Å². The molecule has 0 radical (unpaired) electrons. The number of hydrogen-bond donors (Lipinski definition) is 0. The summed E-state index contributed by atoms with van der Waals surface area (Å²) in [5.74, 6) is -0.632. The Labute approximate surface area is 155 Å². The molecule has 1 unspecified atom stereocenters. The Bertz CT molecular complexity index is 699. The van der Waals surface area contributed by atoms with Gasteiger partial charge in [-0.15, -0.1) is 0 Å². The maximum Gasteiger partial charge on any atom is 0.333 e. The minimum Gasteiger partial charge on any atom is -0.464 e. The number of halogens is 1. The van der Waals surface area contributed by atoms with Gasteiger partial charge in [-0.05, 0) is 44.5 Å². The van der Waals surface area contributed by atoms with Gasteiger partial charge in [0.1, 0.15) is 6.54 Å². The molecule has 25 heavy (non-hydrogen) atoms. The van der Waals surface area contributed by atoms with Crippen LogP contribution < -0.4 is 0 Å². The average Bonchev–Trinajstić information content (AvgIpc) is 3.06. The van der Waals surface area contributed by atoms with E-state index in [1.165, 1.54) is 0 Å². The predicted octanol–water partition coefficient (Wildman–Crippen LogP) is 3.19. The van der Waals surface area contributed by atoms with Gasteiger partial charge in [-0.25, -0.2) is 4.79 Å². The first-order valence-corrected chi connectivity index (χ1v) is 8.94. The summed E-state index contributed by atoms with van der Waals surface area (Å²) in [6.45, 7) is 5.84. The zero-order valence-corrected chi connectivity index (χ0v) is 16.1. The second-order valence-electron chi connectivity index (χ2n) is 5.80. The van der Waals surface area contributed by atoms with Gasteiger partial charge >= 0.3 is 5.97 Å². The van der Waals surface area contributed by atoms with Crippen LogP contribution in [0.3, 0.4) is 0 Å². The number of carbonyl (C=O) groups excluding carboxylic acids is 2. The van der Waals surface area contributed by atoms with E-state index in [9.17, 15) is 9.59 Å². The Hall–Kier alpha value is -2.15. The Morgan fingerprint density at radius 3 is 2.48 bits per heavy atom. The largest absolute Gasteiger partial charge is 0.464 e. The molecule has 0 bridgehead atoms. The predicted molar refractivity (Wildman–Crippen MR) is 97.7 cm³/mol. The van der Waals surface area contributed by atoms with Gasteiger partial charge in [-0.2, -0.15) is 5.10 Å². The van der Waals surface area contributed by atoms with Gasteiger partial charge in [0.15, 0.2) is 6.04 Å². The third kappa shape index (κ3) is 4.92. The molecule has 6 nitrogen and oxygen atoms in total. The highest BCUT2D eigenvalue weighted by Crippen LogP contribution is 2.26. The number of esters is 1. The van der Waals surface area contributed by atoms with Crippen LogP contribution in [0.4, 0.5) is 0 Å². The Morgan fingerprint density at radius 1 is 1.28 bits per heavy atom. The summed E-state index contributed by atoms with van der Waals surface area (Å²) in [5.41, 5.74) is 0.712. The topological polar surface area (TPSA) is 64.4 Å². The number of aromatic nitrogens is 2. The van der Waals surface area contributed by atoms with E-state index in [-0.39, 0.29) is 25.1 Å². The van der Waals surface area contributed by atoms with E-state index in [4.69, 9.17) is 4.74 Å². The molecular weight excluding hydrogens is 386 g/mol. The Kier molecular flexibility index (Phi) is 6.75. The SMILES string of the molecule is CCOC(=O)C(c1ccc(Br)cc1)N(C(=O)Cn1cccn1)C(C)C. The fraction of sp³-hybridized carbons (Fsp3) is 0.389. The second kappa shape index (κ2) is 8.80. The van der Waals surface area contributed by atoms with Crippen LogP contribution in [-0.2, 0) is 20.9 Å². The van der Waals surface area contributed by atoms with E-state index in [2.05, 4.69) is 21.0 Å². The molecule has 0 spiro atoms. The normalized spacial score (nSPS) is 12.0. The molecule has 0 N–H and O–H groups in total. The van der Waals surface area contributed by atoms with Crippen molar-refractivity contribution in [1.82, 2.24) is 14.7 Å². The molecule has 1 aromatic carbocycles. The van der Waals surface area contributed by atoms with Crippen LogP contribution in [-0.4, -0.2) is 39.2 Å². The van der Waals surface area contributed by atoms with Gasteiger partial charge in [0.05, 0.1) is 6.61 Å². The van der Waals surface area contributed by atoms with Gasteiger partial charge in [0.2, 0.25) is 5.91 Å². The summed E-state index contributed by atoms with van der Waals surface area (Å²) < 4.78 is 7.68. The van der Waals surface area contributed by atoms with E-state index in [0.717, 1.165) is 4.47 Å². The number of carbonyl (C=O) groups is 2. The zero-order chi connectivity index (χ0) is 18.4. The van der Waals surface area contributed by atoms with Crippen molar-refractivity contribution in [3.63, 3.8) is 0 Å². The van der Waals surface area contributed by atoms with Crippen LogP contribution >= 0.6 is 15.9 Å². The zero-order valence-electron chi connectivity index (χ0n) is 14.6. The third-order valence-electron chi connectivity index (χ3n) is 3.67. The van der Waals surface area contributed by atoms with Crippen molar-refractivity contribution in [2.75, 3.05) is 6.61 Å². The lowest BCUT2D eigenvalue weighted by atomic mass is 10.0. The molecule has 0 aliphatic carbocycles. The van der Waals surface area contributed by atoms with Gasteiger partial charge in [-0.1, -0.05) is 28.1 Å². The van der Waals surface area contributed by atoms with Crippen LogP contribution in [0.5, 0.6) is 0 Å². The van der Waals surface area contributed by atoms with Crippen molar-refractivity contribution in [2.45, 2.75) is 39.4 Å². The molecule has 1 aromatic heterocycles. The fourth-order valence-electron chi connectivity index (χ4n) is 2.62. The van der Waals surface area contributed by atoms with Crippen molar-refractivity contribution in [2.24, 2.45) is 0 Å². The lowest BCUT2D eigenvalue weighted by Crippen LogP contribution is -2.45. The van der Waals surface area contributed by atoms with E-state index in [1.807, 2.05) is 38.1 Å². The van der Waals surface area contributed by atoms with Gasteiger partial charge < -0.3 is 9.64 Å². The van der Waals surface area contributed by atoms with Crippen molar-refractivity contribution >= 4 is 27.8 Å². The first-order chi connectivity index (χ1) is 11.9. The molecule has 0 aliphatic heterocycles. The van der Waals surface area contributed by atoms with Gasteiger partial charge in [0, 0.05) is 22.9 Å². The lowest BCUT2D eigenvalue weighted by molar-refractivity contribution is -0.157. The molecule has 1 amide bonds. The lowest BCUT2D eigenvalue weighted by Gasteiger charge is -2.34. The van der Waals surface area contributed by atoms with Crippen LogP contribution in [0.15, 0.2) is 47.2 Å². The first-order valence-electron chi connectivity index (χ1n) is 8.14. The monoisotopic (exact) mass is 407 g/mol. The number of ether oxygens (including phenoxy) is 1. The third-order valence-corrected chi connectivity index (χ3v) is 4.20. The van der Waals surface area contributed by atoms with Gasteiger partial charge in [-0.3, -0.25) is 9.48 Å². The van der Waals surface area contributed by atoms with E-state index in [1.54, 1.807) is 35.0 Å². The maximum absolute atomic E-state index is 12.9. The molecule has 134 valence electrons. The molecular formula is C18H22BrN3O3. The highest BCUT2D eigenvalue weighted by atomic mass is 79.9. The summed E-state index contributed by atoms with van der Waals surface area (Å²) >= 11 is 3.39. The maximum atomic E-state index is 12.9. The van der Waals surface area contributed by atoms with Gasteiger partial charge in [0.25, 0.3) is 0 Å². The number of rotatable bonds is 7. The highest BCUT2D eigenvalue weighted by molar-refractivity contribution is 9.10. The average molecular weight is 408 g/mol. The minimum atomic E-state index is -0.795. The summed E-state index contributed by atoms with van der Waals surface area (Å²) in [4.78, 5) is 27.1. The minimum absolute atomic E-state index is 0.0671. The molecule has 1 heterocycles. The summed E-state index contributed by atoms with van der Waals surface area (Å²) in [5, 5.41) is 4.07. The first kappa shape index (κ1) is 19.2. The number of hydrogen-bond acceptors (Lipinski definition) is 4. The number of benzene rings is 1. The number of nitrogens with zero attached hydrogens (tertiary/aromatic N) is 3. The van der Waals surface area contributed by atoms with E-state index in [0.29, 0.717) is 5.56 Å².